The molecule has 0 aliphatic rings. The number of anilines is 2. The molecular formula is C22H26FN3OS. The van der Waals surface area contributed by atoms with Crippen molar-refractivity contribution in [1.29, 1.82) is 0 Å². The lowest BCUT2D eigenvalue weighted by Gasteiger charge is -2.07. The van der Waals surface area contributed by atoms with Crippen LogP contribution in [0, 0.1) is 5.82 Å². The number of nitrogens with one attached hydrogen (secondary N) is 1. The van der Waals surface area contributed by atoms with Gasteiger partial charge < -0.3 is 10.1 Å². The summed E-state index contributed by atoms with van der Waals surface area (Å²) in [7, 11) is 0. The van der Waals surface area contributed by atoms with Crippen molar-refractivity contribution in [1.82, 2.24) is 9.97 Å². The first-order valence-corrected chi connectivity index (χ1v) is 10.7. The largest absolute Gasteiger partial charge is 0.478 e. The number of halogens is 1. The van der Waals surface area contributed by atoms with Gasteiger partial charge in [-0.3, -0.25) is 0 Å². The maximum absolute atomic E-state index is 13.0. The SMILES string of the molecule is CCCCCCCCOc1ccc(Nc2nc(-c3ccc(F)cc3)cs2)cn1. The fourth-order valence-electron chi connectivity index (χ4n) is 2.81. The second-order valence-corrected chi connectivity index (χ2v) is 7.53. The summed E-state index contributed by atoms with van der Waals surface area (Å²) in [6.07, 6.45) is 9.21. The van der Waals surface area contributed by atoms with Crippen molar-refractivity contribution in [2.24, 2.45) is 0 Å². The third-order valence-corrected chi connectivity index (χ3v) is 5.14. The number of hydrogen-bond donors (Lipinski definition) is 1. The zero-order valence-corrected chi connectivity index (χ0v) is 17.0. The van der Waals surface area contributed by atoms with E-state index >= 15 is 0 Å². The van der Waals surface area contributed by atoms with Crippen LogP contribution >= 0.6 is 11.3 Å². The highest BCUT2D eigenvalue weighted by atomic mass is 32.1. The number of nitrogens with zero attached hydrogens (tertiary/aromatic N) is 2. The highest BCUT2D eigenvalue weighted by molar-refractivity contribution is 7.14. The molecule has 3 rings (SSSR count). The molecule has 148 valence electrons. The van der Waals surface area contributed by atoms with Gasteiger partial charge >= 0.3 is 0 Å². The summed E-state index contributed by atoms with van der Waals surface area (Å²) in [6.45, 7) is 2.94. The number of hydrogen-bond acceptors (Lipinski definition) is 5. The first-order valence-electron chi connectivity index (χ1n) is 9.82. The molecule has 0 atom stereocenters. The summed E-state index contributed by atoms with van der Waals surface area (Å²) in [6, 6.07) is 10.1. The molecule has 1 N–H and O–H groups in total. The van der Waals surface area contributed by atoms with Gasteiger partial charge in [-0.2, -0.15) is 0 Å². The molecule has 2 aromatic heterocycles. The van der Waals surface area contributed by atoms with E-state index in [1.165, 1.54) is 55.6 Å². The zero-order valence-electron chi connectivity index (χ0n) is 16.2. The number of benzene rings is 1. The quantitative estimate of drug-likeness (QED) is 0.359. The Labute approximate surface area is 169 Å². The Morgan fingerprint density at radius 2 is 1.79 bits per heavy atom. The molecule has 0 saturated carbocycles. The van der Waals surface area contributed by atoms with E-state index in [9.17, 15) is 4.39 Å². The molecule has 0 fully saturated rings. The van der Waals surface area contributed by atoms with Gasteiger partial charge in [0.15, 0.2) is 5.13 Å². The van der Waals surface area contributed by atoms with E-state index in [4.69, 9.17) is 4.74 Å². The summed E-state index contributed by atoms with van der Waals surface area (Å²) in [5, 5.41) is 5.95. The van der Waals surface area contributed by atoms with Gasteiger partial charge in [-0.1, -0.05) is 39.0 Å². The number of ether oxygens (including phenoxy) is 1. The van der Waals surface area contributed by atoms with Gasteiger partial charge in [0, 0.05) is 17.0 Å². The number of thiazole rings is 1. The first kappa shape index (κ1) is 20.3. The van der Waals surface area contributed by atoms with Gasteiger partial charge in [0.1, 0.15) is 5.82 Å². The fraction of sp³-hybridized carbons (Fsp3) is 0.364. The molecule has 0 amide bonds. The van der Waals surface area contributed by atoms with E-state index in [1.807, 2.05) is 17.5 Å². The summed E-state index contributed by atoms with van der Waals surface area (Å²) in [5.41, 5.74) is 2.56. The molecule has 3 aromatic rings. The van der Waals surface area contributed by atoms with Gasteiger partial charge in [-0.05, 0) is 36.8 Å². The topological polar surface area (TPSA) is 47.0 Å². The fourth-order valence-corrected chi connectivity index (χ4v) is 3.55. The predicted molar refractivity (Wildman–Crippen MR) is 114 cm³/mol. The monoisotopic (exact) mass is 399 g/mol. The summed E-state index contributed by atoms with van der Waals surface area (Å²) < 4.78 is 18.7. The first-order chi connectivity index (χ1) is 13.7. The van der Waals surface area contributed by atoms with Crippen LogP contribution in [0.3, 0.4) is 0 Å². The van der Waals surface area contributed by atoms with Gasteiger partial charge in [-0.15, -0.1) is 11.3 Å². The van der Waals surface area contributed by atoms with Crippen molar-refractivity contribution in [3.05, 3.63) is 53.8 Å². The predicted octanol–water partition coefficient (Wildman–Crippen LogP) is 6.83. The average molecular weight is 400 g/mol. The maximum Gasteiger partial charge on any atom is 0.213 e. The molecule has 1 aromatic carbocycles. The van der Waals surface area contributed by atoms with Crippen molar-refractivity contribution in [3.63, 3.8) is 0 Å². The lowest BCUT2D eigenvalue weighted by molar-refractivity contribution is 0.293. The van der Waals surface area contributed by atoms with Crippen molar-refractivity contribution < 1.29 is 9.13 Å². The molecule has 0 saturated heterocycles. The van der Waals surface area contributed by atoms with Crippen LogP contribution in [0.2, 0.25) is 0 Å². The van der Waals surface area contributed by atoms with Crippen LogP contribution in [-0.2, 0) is 0 Å². The number of pyridine rings is 1. The molecule has 4 nitrogen and oxygen atoms in total. The maximum atomic E-state index is 13.0. The number of aromatic nitrogens is 2. The molecule has 2 heterocycles. The Bertz CT molecular complexity index is 834. The molecule has 0 aliphatic carbocycles. The Morgan fingerprint density at radius 3 is 2.54 bits per heavy atom. The average Bonchev–Trinajstić information content (AvgIpc) is 3.17. The molecule has 0 spiro atoms. The zero-order chi connectivity index (χ0) is 19.6. The Hall–Kier alpha value is -2.47. The minimum Gasteiger partial charge on any atom is -0.478 e. The third kappa shape index (κ3) is 6.30. The summed E-state index contributed by atoms with van der Waals surface area (Å²) in [4.78, 5) is 8.89. The Balaban J connectivity index is 1.45. The van der Waals surface area contributed by atoms with Crippen molar-refractivity contribution in [3.8, 4) is 17.1 Å². The van der Waals surface area contributed by atoms with Crippen LogP contribution in [-0.4, -0.2) is 16.6 Å². The van der Waals surface area contributed by atoms with E-state index in [-0.39, 0.29) is 5.82 Å². The minimum absolute atomic E-state index is 0.248. The summed E-state index contributed by atoms with van der Waals surface area (Å²) in [5.74, 6) is 0.396. The minimum atomic E-state index is -0.248. The van der Waals surface area contributed by atoms with Crippen LogP contribution in [0.25, 0.3) is 11.3 Å². The second kappa shape index (κ2) is 10.8. The van der Waals surface area contributed by atoms with Crippen molar-refractivity contribution >= 4 is 22.2 Å². The van der Waals surface area contributed by atoms with Gasteiger partial charge in [0.25, 0.3) is 0 Å². The van der Waals surface area contributed by atoms with E-state index in [1.54, 1.807) is 18.3 Å². The normalized spacial score (nSPS) is 10.8. The molecular weight excluding hydrogens is 373 g/mol. The third-order valence-electron chi connectivity index (χ3n) is 4.38. The lowest BCUT2D eigenvalue weighted by Crippen LogP contribution is -1.99. The number of unbranched alkanes of at least 4 members (excludes halogenated alkanes) is 5. The van der Waals surface area contributed by atoms with Crippen LogP contribution in [0.5, 0.6) is 5.88 Å². The molecule has 0 radical (unpaired) electrons. The van der Waals surface area contributed by atoms with Crippen LogP contribution in [0.15, 0.2) is 48.0 Å². The Morgan fingerprint density at radius 1 is 1.00 bits per heavy atom. The van der Waals surface area contributed by atoms with E-state index in [0.717, 1.165) is 28.5 Å². The van der Waals surface area contributed by atoms with Crippen LogP contribution in [0.1, 0.15) is 45.4 Å². The highest BCUT2D eigenvalue weighted by Crippen LogP contribution is 2.27. The van der Waals surface area contributed by atoms with Gasteiger partial charge in [0.05, 0.1) is 24.2 Å². The molecule has 0 unspecified atom stereocenters. The lowest BCUT2D eigenvalue weighted by atomic mass is 10.1. The smallest absolute Gasteiger partial charge is 0.213 e. The molecule has 28 heavy (non-hydrogen) atoms. The van der Waals surface area contributed by atoms with Crippen molar-refractivity contribution in [2.75, 3.05) is 11.9 Å². The van der Waals surface area contributed by atoms with E-state index in [2.05, 4.69) is 22.2 Å². The van der Waals surface area contributed by atoms with Gasteiger partial charge in [-0.25, -0.2) is 14.4 Å². The molecule has 6 heteroatoms. The van der Waals surface area contributed by atoms with Gasteiger partial charge in [0.2, 0.25) is 5.88 Å². The highest BCUT2D eigenvalue weighted by Gasteiger charge is 2.06. The van der Waals surface area contributed by atoms with Crippen LogP contribution in [0.4, 0.5) is 15.2 Å². The molecule has 0 aliphatic heterocycles. The van der Waals surface area contributed by atoms with Crippen LogP contribution < -0.4 is 10.1 Å². The van der Waals surface area contributed by atoms with E-state index < -0.39 is 0 Å². The van der Waals surface area contributed by atoms with E-state index in [0.29, 0.717) is 12.5 Å². The second-order valence-electron chi connectivity index (χ2n) is 6.67. The van der Waals surface area contributed by atoms with Crippen molar-refractivity contribution in [2.45, 2.75) is 45.4 Å². The number of rotatable bonds is 11. The summed E-state index contributed by atoms with van der Waals surface area (Å²) >= 11 is 1.50. The molecule has 0 bridgehead atoms. The Kier molecular flexibility index (Phi) is 7.79. The standard InChI is InChI=1S/C22H26FN3OS/c1-2-3-4-5-6-7-14-27-21-13-12-19(15-24-21)25-22-26-20(16-28-22)17-8-10-18(23)11-9-17/h8-13,15-16H,2-7,14H2,1H3,(H,25,26).